The molecule has 1 N–H and O–H groups in total. The molecule has 8 heteroatoms. The van der Waals surface area contributed by atoms with Crippen LogP contribution < -0.4 is 9.80 Å². The van der Waals surface area contributed by atoms with Crippen LogP contribution in [0, 0.1) is 6.92 Å². The van der Waals surface area contributed by atoms with Crippen molar-refractivity contribution in [3.05, 3.63) is 30.1 Å². The van der Waals surface area contributed by atoms with E-state index in [1.54, 1.807) is 12.5 Å². The van der Waals surface area contributed by atoms with Crippen LogP contribution in [0.15, 0.2) is 18.6 Å². The molecule has 0 bridgehead atoms. The quantitative estimate of drug-likeness (QED) is 0.780. The summed E-state index contributed by atoms with van der Waals surface area (Å²) < 4.78 is 0. The van der Waals surface area contributed by atoms with Gasteiger partial charge >= 0.3 is 0 Å². The summed E-state index contributed by atoms with van der Waals surface area (Å²) in [6.45, 7) is 9.86. The van der Waals surface area contributed by atoms with Crippen LogP contribution in [0.1, 0.15) is 31.3 Å². The van der Waals surface area contributed by atoms with E-state index in [1.165, 1.54) is 0 Å². The maximum absolute atomic E-state index is 4.75. The molecule has 25 heavy (non-hydrogen) atoms. The van der Waals surface area contributed by atoms with Gasteiger partial charge in [-0.25, -0.2) is 19.9 Å². The van der Waals surface area contributed by atoms with Gasteiger partial charge in [0.05, 0.1) is 11.6 Å². The Morgan fingerprint density at radius 1 is 1.04 bits per heavy atom. The summed E-state index contributed by atoms with van der Waals surface area (Å²) in [6, 6.07) is 2.07. The minimum atomic E-state index is 0.329. The highest BCUT2D eigenvalue weighted by Crippen LogP contribution is 2.24. The second kappa shape index (κ2) is 6.27. The lowest BCUT2D eigenvalue weighted by Crippen LogP contribution is -2.47. The molecular formula is C17H22N8. The van der Waals surface area contributed by atoms with Crippen LogP contribution in [0.5, 0.6) is 0 Å². The molecule has 0 aromatic carbocycles. The first-order valence-corrected chi connectivity index (χ1v) is 8.61. The molecule has 4 rings (SSSR count). The smallest absolute Gasteiger partial charge is 0.160 e. The van der Waals surface area contributed by atoms with E-state index in [9.17, 15) is 0 Å². The van der Waals surface area contributed by atoms with Crippen molar-refractivity contribution in [2.24, 2.45) is 0 Å². The molecule has 0 atom stereocenters. The van der Waals surface area contributed by atoms with Gasteiger partial charge in [0, 0.05) is 43.9 Å². The van der Waals surface area contributed by atoms with Crippen molar-refractivity contribution in [3.8, 4) is 0 Å². The second-order valence-electron chi connectivity index (χ2n) is 6.68. The highest BCUT2D eigenvalue weighted by molar-refractivity contribution is 5.86. The molecule has 1 fully saturated rings. The van der Waals surface area contributed by atoms with Gasteiger partial charge in [-0.05, 0) is 6.92 Å². The monoisotopic (exact) mass is 338 g/mol. The predicted molar refractivity (Wildman–Crippen MR) is 97.0 cm³/mol. The van der Waals surface area contributed by atoms with Gasteiger partial charge in [0.1, 0.15) is 23.8 Å². The molecule has 0 saturated carbocycles. The SMILES string of the molecule is Cc1cc(N2CCN(c3ncnc4[nH]ncc34)CC2)nc(C(C)C)n1. The number of rotatable bonds is 3. The van der Waals surface area contributed by atoms with Gasteiger partial charge in [0.2, 0.25) is 0 Å². The Morgan fingerprint density at radius 3 is 2.56 bits per heavy atom. The summed E-state index contributed by atoms with van der Waals surface area (Å²) in [6.07, 6.45) is 3.38. The highest BCUT2D eigenvalue weighted by Gasteiger charge is 2.22. The molecule has 0 radical (unpaired) electrons. The van der Waals surface area contributed by atoms with Crippen LogP contribution in [0.3, 0.4) is 0 Å². The number of H-pyrrole nitrogens is 1. The van der Waals surface area contributed by atoms with Gasteiger partial charge in [-0.2, -0.15) is 5.10 Å². The fraction of sp³-hybridized carbons (Fsp3) is 0.471. The molecule has 0 unspecified atom stereocenters. The molecule has 130 valence electrons. The van der Waals surface area contributed by atoms with Crippen LogP contribution in [0.2, 0.25) is 0 Å². The number of fused-ring (bicyclic) bond motifs is 1. The topological polar surface area (TPSA) is 86.7 Å². The highest BCUT2D eigenvalue weighted by atomic mass is 15.3. The molecule has 0 spiro atoms. The largest absolute Gasteiger partial charge is 0.353 e. The van der Waals surface area contributed by atoms with Crippen molar-refractivity contribution in [3.63, 3.8) is 0 Å². The lowest BCUT2D eigenvalue weighted by atomic mass is 10.2. The number of nitrogens with zero attached hydrogens (tertiary/aromatic N) is 7. The Hall–Kier alpha value is -2.77. The lowest BCUT2D eigenvalue weighted by molar-refractivity contribution is 0.637. The normalized spacial score (nSPS) is 15.4. The average Bonchev–Trinajstić information content (AvgIpc) is 3.10. The van der Waals surface area contributed by atoms with Crippen LogP contribution >= 0.6 is 0 Å². The van der Waals surface area contributed by atoms with Gasteiger partial charge in [-0.3, -0.25) is 5.10 Å². The average molecular weight is 338 g/mol. The number of aryl methyl sites for hydroxylation is 1. The molecule has 8 nitrogen and oxygen atoms in total. The van der Waals surface area contributed by atoms with E-state index in [4.69, 9.17) is 4.98 Å². The van der Waals surface area contributed by atoms with Crippen LogP contribution in [-0.2, 0) is 0 Å². The molecule has 0 amide bonds. The summed E-state index contributed by atoms with van der Waals surface area (Å²) in [5.74, 6) is 3.20. The molecular weight excluding hydrogens is 316 g/mol. The van der Waals surface area contributed by atoms with Crippen molar-refractivity contribution in [1.29, 1.82) is 0 Å². The number of piperazine rings is 1. The van der Waals surface area contributed by atoms with Gasteiger partial charge in [0.25, 0.3) is 0 Å². The fourth-order valence-electron chi connectivity index (χ4n) is 3.15. The maximum Gasteiger partial charge on any atom is 0.160 e. The van der Waals surface area contributed by atoms with E-state index in [-0.39, 0.29) is 0 Å². The number of aromatic nitrogens is 6. The molecule has 1 aliphatic rings. The minimum absolute atomic E-state index is 0.329. The molecule has 1 aliphatic heterocycles. The van der Waals surface area contributed by atoms with E-state index >= 15 is 0 Å². The maximum atomic E-state index is 4.75. The van der Waals surface area contributed by atoms with E-state index in [0.29, 0.717) is 5.92 Å². The number of hydrogen-bond acceptors (Lipinski definition) is 7. The number of hydrogen-bond donors (Lipinski definition) is 1. The Morgan fingerprint density at radius 2 is 1.80 bits per heavy atom. The van der Waals surface area contributed by atoms with Gasteiger partial charge in [-0.15, -0.1) is 0 Å². The van der Waals surface area contributed by atoms with Crippen molar-refractivity contribution < 1.29 is 0 Å². The number of nitrogens with one attached hydrogen (secondary N) is 1. The number of anilines is 2. The fourth-order valence-corrected chi connectivity index (χ4v) is 3.15. The van der Waals surface area contributed by atoms with E-state index < -0.39 is 0 Å². The first-order chi connectivity index (χ1) is 12.1. The summed E-state index contributed by atoms with van der Waals surface area (Å²) in [7, 11) is 0. The van der Waals surface area contributed by atoms with Crippen LogP contribution in [-0.4, -0.2) is 56.3 Å². The minimum Gasteiger partial charge on any atom is -0.353 e. The molecule has 1 saturated heterocycles. The van der Waals surface area contributed by atoms with E-state index in [1.807, 2.05) is 6.92 Å². The Kier molecular flexibility index (Phi) is 3.95. The standard InChI is InChI=1S/C17H22N8/c1-11(2)15-21-12(3)8-14(22-15)24-4-6-25(7-5-24)17-13-9-20-23-16(13)18-10-19-17/h8-11H,4-7H2,1-3H3,(H,18,19,20,23). The molecule has 4 heterocycles. The second-order valence-corrected chi connectivity index (χ2v) is 6.68. The Labute approximate surface area is 146 Å². The zero-order valence-electron chi connectivity index (χ0n) is 14.8. The Bertz CT molecular complexity index is 879. The first kappa shape index (κ1) is 15.7. The Balaban J connectivity index is 1.53. The van der Waals surface area contributed by atoms with E-state index in [2.05, 4.69) is 54.9 Å². The van der Waals surface area contributed by atoms with Crippen molar-refractivity contribution in [1.82, 2.24) is 30.1 Å². The van der Waals surface area contributed by atoms with Crippen molar-refractivity contribution in [2.75, 3.05) is 36.0 Å². The van der Waals surface area contributed by atoms with Crippen LogP contribution in [0.25, 0.3) is 11.0 Å². The summed E-state index contributed by atoms with van der Waals surface area (Å²) in [5.41, 5.74) is 1.80. The zero-order valence-corrected chi connectivity index (χ0v) is 14.8. The third-order valence-electron chi connectivity index (χ3n) is 4.50. The lowest BCUT2D eigenvalue weighted by Gasteiger charge is -2.36. The van der Waals surface area contributed by atoms with Crippen molar-refractivity contribution >= 4 is 22.7 Å². The number of aromatic amines is 1. The zero-order chi connectivity index (χ0) is 17.4. The van der Waals surface area contributed by atoms with E-state index in [0.717, 1.165) is 60.4 Å². The summed E-state index contributed by atoms with van der Waals surface area (Å²) in [4.78, 5) is 22.6. The predicted octanol–water partition coefficient (Wildman–Crippen LogP) is 1.90. The molecule has 0 aliphatic carbocycles. The van der Waals surface area contributed by atoms with Crippen molar-refractivity contribution in [2.45, 2.75) is 26.7 Å². The summed E-state index contributed by atoms with van der Waals surface area (Å²) >= 11 is 0. The molecule has 3 aromatic rings. The summed E-state index contributed by atoms with van der Waals surface area (Å²) in [5, 5.41) is 7.94. The van der Waals surface area contributed by atoms with Crippen LogP contribution in [0.4, 0.5) is 11.6 Å². The third-order valence-corrected chi connectivity index (χ3v) is 4.50. The third kappa shape index (κ3) is 2.99. The molecule has 3 aromatic heterocycles. The van der Waals surface area contributed by atoms with Gasteiger partial charge in [-0.1, -0.05) is 13.8 Å². The first-order valence-electron chi connectivity index (χ1n) is 8.61. The van der Waals surface area contributed by atoms with Gasteiger partial charge in [0.15, 0.2) is 5.65 Å². The van der Waals surface area contributed by atoms with Gasteiger partial charge < -0.3 is 9.80 Å².